The second-order valence-electron chi connectivity index (χ2n) is 3.68. The molecule has 0 spiro atoms. The highest BCUT2D eigenvalue weighted by molar-refractivity contribution is 6.10. The lowest BCUT2D eigenvalue weighted by Crippen LogP contribution is -2.38. The zero-order valence-electron chi connectivity index (χ0n) is 8.80. The highest BCUT2D eigenvalue weighted by atomic mass is 16.4. The maximum absolute atomic E-state index is 12.0. The third-order valence-corrected chi connectivity index (χ3v) is 2.72. The van der Waals surface area contributed by atoms with E-state index < -0.39 is 12.0 Å². The van der Waals surface area contributed by atoms with E-state index in [4.69, 9.17) is 5.11 Å². The van der Waals surface area contributed by atoms with Crippen LogP contribution in [0.1, 0.15) is 22.8 Å². The van der Waals surface area contributed by atoms with Crippen LogP contribution in [0.25, 0.3) is 5.70 Å². The van der Waals surface area contributed by atoms with Crippen LogP contribution < -0.4 is 0 Å². The molecular weight excluding hydrogens is 206 g/mol. The average molecular weight is 217 g/mol. The molecule has 1 aromatic rings. The van der Waals surface area contributed by atoms with Crippen molar-refractivity contribution in [3.8, 4) is 0 Å². The molecule has 2 rings (SSSR count). The molecular formula is C12H11NO3. The Hall–Kier alpha value is -2.10. The van der Waals surface area contributed by atoms with Gasteiger partial charge in [-0.1, -0.05) is 24.8 Å². The molecule has 4 heteroatoms. The van der Waals surface area contributed by atoms with Crippen LogP contribution in [0.4, 0.5) is 0 Å². The number of rotatable bonds is 2. The third-order valence-electron chi connectivity index (χ3n) is 2.72. The summed E-state index contributed by atoms with van der Waals surface area (Å²) in [5, 5.41) is 8.92. The van der Waals surface area contributed by atoms with Crippen molar-refractivity contribution >= 4 is 17.6 Å². The van der Waals surface area contributed by atoms with Crippen LogP contribution >= 0.6 is 0 Å². The lowest BCUT2D eigenvalue weighted by Gasteiger charge is -2.21. The highest BCUT2D eigenvalue weighted by Crippen LogP contribution is 2.32. The van der Waals surface area contributed by atoms with Gasteiger partial charge in [-0.05, 0) is 13.0 Å². The van der Waals surface area contributed by atoms with E-state index in [1.165, 1.54) is 11.8 Å². The Bertz CT molecular complexity index is 458. The predicted octanol–water partition coefficient (Wildman–Crippen LogP) is 1.59. The number of fused-ring (bicyclic) bond motifs is 1. The van der Waals surface area contributed by atoms with Crippen molar-refractivity contribution in [3.05, 3.63) is 42.0 Å². The topological polar surface area (TPSA) is 57.6 Å². The second kappa shape index (κ2) is 3.48. The van der Waals surface area contributed by atoms with Gasteiger partial charge in [0.2, 0.25) is 0 Å². The minimum absolute atomic E-state index is 0.296. The number of carbonyl (C=O) groups excluding carboxylic acids is 1. The van der Waals surface area contributed by atoms with Crippen LogP contribution in [0.3, 0.4) is 0 Å². The van der Waals surface area contributed by atoms with Gasteiger partial charge in [0.25, 0.3) is 5.91 Å². The highest BCUT2D eigenvalue weighted by Gasteiger charge is 2.36. The van der Waals surface area contributed by atoms with Gasteiger partial charge < -0.3 is 5.11 Å². The SMILES string of the molecule is C=C1c2ccccc2C(=O)N1[C@H](C)C(=O)O. The molecule has 0 aromatic heterocycles. The molecule has 1 N–H and O–H groups in total. The predicted molar refractivity (Wildman–Crippen MR) is 58.7 cm³/mol. The molecule has 0 unspecified atom stereocenters. The van der Waals surface area contributed by atoms with Crippen molar-refractivity contribution < 1.29 is 14.7 Å². The lowest BCUT2D eigenvalue weighted by molar-refractivity contribution is -0.140. The van der Waals surface area contributed by atoms with Gasteiger partial charge in [-0.2, -0.15) is 0 Å². The largest absolute Gasteiger partial charge is 0.480 e. The van der Waals surface area contributed by atoms with Gasteiger partial charge in [0, 0.05) is 16.8 Å². The van der Waals surface area contributed by atoms with Gasteiger partial charge >= 0.3 is 5.97 Å². The quantitative estimate of drug-likeness (QED) is 0.818. The molecule has 1 aliphatic rings. The number of amides is 1. The summed E-state index contributed by atoms with van der Waals surface area (Å²) < 4.78 is 0. The molecule has 16 heavy (non-hydrogen) atoms. The average Bonchev–Trinajstić information content (AvgIpc) is 2.52. The van der Waals surface area contributed by atoms with Crippen LogP contribution in [0.15, 0.2) is 30.8 Å². The molecule has 4 nitrogen and oxygen atoms in total. The van der Waals surface area contributed by atoms with Crippen molar-refractivity contribution in [2.45, 2.75) is 13.0 Å². The number of carboxylic acid groups (broad SMARTS) is 1. The van der Waals surface area contributed by atoms with Crippen LogP contribution in [-0.2, 0) is 4.79 Å². The summed E-state index contributed by atoms with van der Waals surface area (Å²) in [6, 6.07) is 6.10. The Kier molecular flexibility index (Phi) is 2.27. The summed E-state index contributed by atoms with van der Waals surface area (Å²) in [6.45, 7) is 5.24. The van der Waals surface area contributed by atoms with Gasteiger partial charge in [-0.3, -0.25) is 9.69 Å². The number of carbonyl (C=O) groups is 2. The van der Waals surface area contributed by atoms with E-state index in [2.05, 4.69) is 6.58 Å². The van der Waals surface area contributed by atoms with E-state index in [0.29, 0.717) is 16.8 Å². The van der Waals surface area contributed by atoms with Crippen molar-refractivity contribution in [2.24, 2.45) is 0 Å². The van der Waals surface area contributed by atoms with Crippen LogP contribution in [-0.4, -0.2) is 27.9 Å². The number of aliphatic carboxylic acids is 1. The number of hydrogen-bond donors (Lipinski definition) is 1. The first kappa shape index (κ1) is 10.4. The maximum Gasteiger partial charge on any atom is 0.326 e. The molecule has 0 saturated heterocycles. The van der Waals surface area contributed by atoms with E-state index in [1.807, 2.05) is 0 Å². The number of nitrogens with zero attached hydrogens (tertiary/aromatic N) is 1. The monoisotopic (exact) mass is 217 g/mol. The fourth-order valence-corrected chi connectivity index (χ4v) is 1.82. The minimum atomic E-state index is -1.04. The standard InChI is InChI=1S/C12H11NO3/c1-7-9-5-3-4-6-10(9)11(14)13(7)8(2)12(15)16/h3-6,8H,1H2,2H3,(H,15,16)/t8-/m1/s1. The second-order valence-corrected chi connectivity index (χ2v) is 3.68. The zero-order valence-corrected chi connectivity index (χ0v) is 8.80. The van der Waals surface area contributed by atoms with Crippen LogP contribution in [0.5, 0.6) is 0 Å². The molecule has 0 fully saturated rings. The molecule has 0 saturated carbocycles. The zero-order chi connectivity index (χ0) is 11.9. The van der Waals surface area contributed by atoms with Gasteiger partial charge in [-0.15, -0.1) is 0 Å². The Morgan fingerprint density at radius 1 is 1.38 bits per heavy atom. The molecule has 1 aliphatic heterocycles. The molecule has 1 amide bonds. The molecule has 1 aromatic carbocycles. The summed E-state index contributed by atoms with van der Waals surface area (Å²) in [5.41, 5.74) is 1.68. The summed E-state index contributed by atoms with van der Waals surface area (Å²) in [4.78, 5) is 24.1. The van der Waals surface area contributed by atoms with Crippen LogP contribution in [0, 0.1) is 0 Å². The van der Waals surface area contributed by atoms with Crippen LogP contribution in [0.2, 0.25) is 0 Å². The van der Waals surface area contributed by atoms with Crippen molar-refractivity contribution in [2.75, 3.05) is 0 Å². The lowest BCUT2D eigenvalue weighted by atomic mass is 10.1. The first-order valence-electron chi connectivity index (χ1n) is 4.88. The van der Waals surface area contributed by atoms with Crippen molar-refractivity contribution in [1.29, 1.82) is 0 Å². The molecule has 1 heterocycles. The fraction of sp³-hybridized carbons (Fsp3) is 0.167. The van der Waals surface area contributed by atoms with E-state index in [-0.39, 0.29) is 5.91 Å². The molecule has 0 aliphatic carbocycles. The molecule has 0 bridgehead atoms. The van der Waals surface area contributed by atoms with Gasteiger partial charge in [0.05, 0.1) is 0 Å². The summed E-state index contributed by atoms with van der Waals surface area (Å²) in [7, 11) is 0. The van der Waals surface area contributed by atoms with E-state index in [1.54, 1.807) is 24.3 Å². The molecule has 1 atom stereocenters. The smallest absolute Gasteiger partial charge is 0.326 e. The Morgan fingerprint density at radius 2 is 1.94 bits per heavy atom. The number of hydrogen-bond acceptors (Lipinski definition) is 2. The fourth-order valence-electron chi connectivity index (χ4n) is 1.82. The third kappa shape index (κ3) is 1.31. The van der Waals surface area contributed by atoms with Gasteiger partial charge in [-0.25, -0.2) is 4.79 Å². The minimum Gasteiger partial charge on any atom is -0.480 e. The normalized spacial score (nSPS) is 16.2. The van der Waals surface area contributed by atoms with E-state index in [0.717, 1.165) is 0 Å². The number of carboxylic acids is 1. The Balaban J connectivity index is 2.46. The Labute approximate surface area is 92.8 Å². The molecule has 0 radical (unpaired) electrons. The number of benzene rings is 1. The van der Waals surface area contributed by atoms with E-state index in [9.17, 15) is 9.59 Å². The maximum atomic E-state index is 12.0. The van der Waals surface area contributed by atoms with Gasteiger partial charge in [0.15, 0.2) is 0 Å². The summed E-state index contributed by atoms with van der Waals surface area (Å²) in [6.07, 6.45) is 0. The van der Waals surface area contributed by atoms with Crippen molar-refractivity contribution in [1.82, 2.24) is 4.90 Å². The van der Waals surface area contributed by atoms with Crippen molar-refractivity contribution in [3.63, 3.8) is 0 Å². The molecule has 82 valence electrons. The first-order valence-corrected chi connectivity index (χ1v) is 4.88. The summed E-state index contributed by atoms with van der Waals surface area (Å²) >= 11 is 0. The van der Waals surface area contributed by atoms with E-state index >= 15 is 0 Å². The Morgan fingerprint density at radius 3 is 2.44 bits per heavy atom. The summed E-state index contributed by atoms with van der Waals surface area (Å²) in [5.74, 6) is -1.34. The van der Waals surface area contributed by atoms with Gasteiger partial charge in [0.1, 0.15) is 6.04 Å². The first-order chi connectivity index (χ1) is 7.54.